The van der Waals surface area contributed by atoms with Crippen LogP contribution in [0.4, 0.5) is 0 Å². The summed E-state index contributed by atoms with van der Waals surface area (Å²) in [5.74, 6) is -0.278. The largest absolute Gasteiger partial charge is 0.433 e. The highest BCUT2D eigenvalue weighted by molar-refractivity contribution is 5.87. The summed E-state index contributed by atoms with van der Waals surface area (Å²) in [5.41, 5.74) is 0.915. The van der Waals surface area contributed by atoms with Crippen LogP contribution < -0.4 is 0 Å². The fourth-order valence-corrected chi connectivity index (χ4v) is 2.96. The number of allylic oxidation sites excluding steroid dienone is 1. The Morgan fingerprint density at radius 3 is 2.58 bits per heavy atom. The van der Waals surface area contributed by atoms with Gasteiger partial charge in [0.2, 0.25) is 11.9 Å². The van der Waals surface area contributed by atoms with Crippen LogP contribution in [0.1, 0.15) is 38.2 Å². The molecule has 3 rings (SSSR count). The third-order valence-corrected chi connectivity index (χ3v) is 3.83. The summed E-state index contributed by atoms with van der Waals surface area (Å²) in [6.45, 7) is 1.77. The summed E-state index contributed by atoms with van der Waals surface area (Å²) in [4.78, 5) is 12.4. The van der Waals surface area contributed by atoms with Gasteiger partial charge in [0.15, 0.2) is 0 Å². The van der Waals surface area contributed by atoms with E-state index in [0.717, 1.165) is 30.4 Å². The molecule has 19 heavy (non-hydrogen) atoms. The highest BCUT2D eigenvalue weighted by atomic mass is 16.8. The molecule has 1 aromatic rings. The fourth-order valence-electron chi connectivity index (χ4n) is 2.96. The quantitative estimate of drug-likeness (QED) is 0.603. The van der Waals surface area contributed by atoms with E-state index in [0.29, 0.717) is 0 Å². The maximum Gasteiger partial charge on any atom is 0.349 e. The van der Waals surface area contributed by atoms with Crippen molar-refractivity contribution >= 4 is 5.97 Å². The number of rotatable bonds is 2. The SMILES string of the molecule is CC1OC(=O)C(C2=CCCCC2)(c2ccccc2)O1. The van der Waals surface area contributed by atoms with E-state index >= 15 is 0 Å². The number of esters is 1. The van der Waals surface area contributed by atoms with Gasteiger partial charge in [-0.3, -0.25) is 0 Å². The molecule has 1 aliphatic heterocycles. The first-order chi connectivity index (χ1) is 9.23. The van der Waals surface area contributed by atoms with Crippen molar-refractivity contribution in [1.82, 2.24) is 0 Å². The molecular formula is C16H18O3. The summed E-state index contributed by atoms with van der Waals surface area (Å²) < 4.78 is 11.2. The lowest BCUT2D eigenvalue weighted by molar-refractivity contribution is -0.144. The van der Waals surface area contributed by atoms with Gasteiger partial charge in [0.05, 0.1) is 0 Å². The van der Waals surface area contributed by atoms with Gasteiger partial charge in [0, 0.05) is 0 Å². The highest BCUT2D eigenvalue weighted by Crippen LogP contribution is 2.44. The van der Waals surface area contributed by atoms with E-state index in [2.05, 4.69) is 6.08 Å². The normalized spacial score (nSPS) is 30.9. The second-order valence-electron chi connectivity index (χ2n) is 5.11. The summed E-state index contributed by atoms with van der Waals surface area (Å²) in [7, 11) is 0. The topological polar surface area (TPSA) is 35.5 Å². The van der Waals surface area contributed by atoms with Gasteiger partial charge < -0.3 is 9.47 Å². The minimum absolute atomic E-state index is 0.278. The van der Waals surface area contributed by atoms with E-state index in [1.807, 2.05) is 30.3 Å². The molecule has 0 spiro atoms. The second kappa shape index (κ2) is 4.82. The summed E-state index contributed by atoms with van der Waals surface area (Å²) in [6, 6.07) is 9.68. The molecule has 2 unspecified atom stereocenters. The Kier molecular flexibility index (Phi) is 3.15. The monoisotopic (exact) mass is 258 g/mol. The van der Waals surface area contributed by atoms with E-state index in [1.165, 1.54) is 6.42 Å². The van der Waals surface area contributed by atoms with Crippen molar-refractivity contribution in [2.75, 3.05) is 0 Å². The Hall–Kier alpha value is -1.61. The molecule has 0 aromatic heterocycles. The summed E-state index contributed by atoms with van der Waals surface area (Å²) in [5, 5.41) is 0. The van der Waals surface area contributed by atoms with Crippen molar-refractivity contribution in [2.45, 2.75) is 44.5 Å². The molecule has 0 amide bonds. The Bertz CT molecular complexity index is 506. The van der Waals surface area contributed by atoms with Crippen LogP contribution in [0.15, 0.2) is 42.0 Å². The predicted molar refractivity (Wildman–Crippen MR) is 71.3 cm³/mol. The van der Waals surface area contributed by atoms with Gasteiger partial charge in [0.1, 0.15) is 0 Å². The van der Waals surface area contributed by atoms with Crippen LogP contribution >= 0.6 is 0 Å². The van der Waals surface area contributed by atoms with Crippen molar-refractivity contribution in [3.05, 3.63) is 47.5 Å². The Morgan fingerprint density at radius 1 is 1.21 bits per heavy atom. The summed E-state index contributed by atoms with van der Waals surface area (Å²) in [6.07, 6.45) is 5.85. The number of ether oxygens (including phenoxy) is 2. The molecule has 3 nitrogen and oxygen atoms in total. The van der Waals surface area contributed by atoms with Crippen molar-refractivity contribution in [3.63, 3.8) is 0 Å². The maximum atomic E-state index is 12.4. The Balaban J connectivity index is 2.11. The Labute approximate surface area is 113 Å². The highest BCUT2D eigenvalue weighted by Gasteiger charge is 2.53. The average Bonchev–Trinajstić information content (AvgIpc) is 2.76. The zero-order chi connectivity index (χ0) is 13.3. The van der Waals surface area contributed by atoms with Gasteiger partial charge in [-0.25, -0.2) is 4.79 Å². The van der Waals surface area contributed by atoms with Crippen LogP contribution in [0, 0.1) is 0 Å². The fraction of sp³-hybridized carbons (Fsp3) is 0.438. The molecule has 1 aliphatic carbocycles. The third kappa shape index (κ3) is 1.98. The van der Waals surface area contributed by atoms with Crippen molar-refractivity contribution in [2.24, 2.45) is 0 Å². The standard InChI is InChI=1S/C16H18O3/c1-12-18-15(17)16(19-12,13-8-4-2-5-9-13)14-10-6-3-7-11-14/h2,4-5,8-10,12H,3,6-7,11H2,1H3. The molecule has 0 saturated carbocycles. The van der Waals surface area contributed by atoms with Gasteiger partial charge >= 0.3 is 5.97 Å². The molecule has 2 atom stereocenters. The van der Waals surface area contributed by atoms with Crippen LogP contribution in [0.5, 0.6) is 0 Å². The van der Waals surface area contributed by atoms with E-state index in [1.54, 1.807) is 6.92 Å². The van der Waals surface area contributed by atoms with Crippen molar-refractivity contribution in [1.29, 1.82) is 0 Å². The maximum absolute atomic E-state index is 12.4. The molecule has 1 fully saturated rings. The van der Waals surface area contributed by atoms with Crippen molar-refractivity contribution < 1.29 is 14.3 Å². The van der Waals surface area contributed by atoms with Gasteiger partial charge in [-0.1, -0.05) is 36.4 Å². The smallest absolute Gasteiger partial charge is 0.349 e. The molecule has 1 heterocycles. The van der Waals surface area contributed by atoms with Gasteiger partial charge in [-0.15, -0.1) is 0 Å². The predicted octanol–water partition coefficient (Wildman–Crippen LogP) is 3.30. The van der Waals surface area contributed by atoms with Crippen LogP contribution in [0.3, 0.4) is 0 Å². The van der Waals surface area contributed by atoms with E-state index in [9.17, 15) is 4.79 Å². The van der Waals surface area contributed by atoms with Crippen LogP contribution in [-0.4, -0.2) is 12.3 Å². The second-order valence-corrected chi connectivity index (χ2v) is 5.11. The first-order valence-corrected chi connectivity index (χ1v) is 6.87. The molecule has 2 aliphatic rings. The molecule has 0 N–H and O–H groups in total. The third-order valence-electron chi connectivity index (χ3n) is 3.83. The minimum atomic E-state index is -1.01. The number of hydrogen-bond donors (Lipinski definition) is 0. The molecule has 100 valence electrons. The van der Waals surface area contributed by atoms with Crippen LogP contribution in [0.25, 0.3) is 0 Å². The molecule has 3 heteroatoms. The average molecular weight is 258 g/mol. The van der Waals surface area contributed by atoms with Crippen LogP contribution in [-0.2, 0) is 19.9 Å². The molecule has 1 aromatic carbocycles. The van der Waals surface area contributed by atoms with Gasteiger partial charge in [0.25, 0.3) is 0 Å². The van der Waals surface area contributed by atoms with Gasteiger partial charge in [-0.05, 0) is 43.7 Å². The zero-order valence-corrected chi connectivity index (χ0v) is 11.1. The lowest BCUT2D eigenvalue weighted by Gasteiger charge is -2.29. The number of benzene rings is 1. The molecule has 1 saturated heterocycles. The van der Waals surface area contributed by atoms with Crippen molar-refractivity contribution in [3.8, 4) is 0 Å². The first kappa shape index (κ1) is 12.4. The van der Waals surface area contributed by atoms with Gasteiger partial charge in [-0.2, -0.15) is 0 Å². The number of carbonyl (C=O) groups excluding carboxylic acids is 1. The lowest BCUT2D eigenvalue weighted by Crippen LogP contribution is -2.36. The molecule has 0 bridgehead atoms. The first-order valence-electron chi connectivity index (χ1n) is 6.87. The van der Waals surface area contributed by atoms with E-state index < -0.39 is 11.9 Å². The molecule has 0 radical (unpaired) electrons. The summed E-state index contributed by atoms with van der Waals surface area (Å²) >= 11 is 0. The zero-order valence-electron chi connectivity index (χ0n) is 11.1. The minimum Gasteiger partial charge on any atom is -0.433 e. The molecular weight excluding hydrogens is 240 g/mol. The lowest BCUT2D eigenvalue weighted by atomic mass is 9.80. The van der Waals surface area contributed by atoms with E-state index in [4.69, 9.17) is 9.47 Å². The number of cyclic esters (lactones) is 1. The number of hydrogen-bond acceptors (Lipinski definition) is 3. The Morgan fingerprint density at radius 2 is 2.00 bits per heavy atom. The number of carbonyl (C=O) groups is 1. The van der Waals surface area contributed by atoms with Crippen LogP contribution in [0.2, 0.25) is 0 Å². The van der Waals surface area contributed by atoms with E-state index in [-0.39, 0.29) is 5.97 Å².